The molecular formula is C11H18N4O. The van der Waals surface area contributed by atoms with Gasteiger partial charge in [-0.2, -0.15) is 0 Å². The SMILES string of the molecule is CC(C)(C)[C@@H](N)C(=O)NCc1ccncn1. The smallest absolute Gasteiger partial charge is 0.237 e. The van der Waals surface area contributed by atoms with Gasteiger partial charge < -0.3 is 11.1 Å². The topological polar surface area (TPSA) is 80.9 Å². The van der Waals surface area contributed by atoms with Crippen LogP contribution in [0.25, 0.3) is 0 Å². The average molecular weight is 222 g/mol. The lowest BCUT2D eigenvalue weighted by Gasteiger charge is -2.25. The van der Waals surface area contributed by atoms with Crippen molar-refractivity contribution in [3.8, 4) is 0 Å². The number of rotatable bonds is 3. The Hall–Kier alpha value is -1.49. The van der Waals surface area contributed by atoms with Crippen molar-refractivity contribution in [1.82, 2.24) is 15.3 Å². The van der Waals surface area contributed by atoms with Crippen LogP contribution < -0.4 is 11.1 Å². The van der Waals surface area contributed by atoms with Gasteiger partial charge in [0, 0.05) is 6.20 Å². The van der Waals surface area contributed by atoms with Crippen LogP contribution in [-0.2, 0) is 11.3 Å². The minimum atomic E-state index is -0.519. The van der Waals surface area contributed by atoms with Crippen LogP contribution in [0.15, 0.2) is 18.6 Å². The van der Waals surface area contributed by atoms with E-state index in [1.165, 1.54) is 6.33 Å². The lowest BCUT2D eigenvalue weighted by molar-refractivity contribution is -0.124. The highest BCUT2D eigenvalue weighted by atomic mass is 16.2. The fraction of sp³-hybridized carbons (Fsp3) is 0.545. The van der Waals surface area contributed by atoms with Crippen LogP contribution in [0.5, 0.6) is 0 Å². The third-order valence-corrected chi connectivity index (χ3v) is 2.30. The second-order valence-corrected chi connectivity index (χ2v) is 4.76. The number of amides is 1. The molecule has 1 aromatic rings. The van der Waals surface area contributed by atoms with E-state index in [4.69, 9.17) is 5.73 Å². The zero-order valence-electron chi connectivity index (χ0n) is 9.90. The maximum Gasteiger partial charge on any atom is 0.237 e. The van der Waals surface area contributed by atoms with E-state index < -0.39 is 6.04 Å². The maximum atomic E-state index is 11.7. The van der Waals surface area contributed by atoms with Gasteiger partial charge in [-0.1, -0.05) is 20.8 Å². The van der Waals surface area contributed by atoms with Gasteiger partial charge >= 0.3 is 0 Å². The molecule has 0 saturated carbocycles. The van der Waals surface area contributed by atoms with Crippen LogP contribution in [0.1, 0.15) is 26.5 Å². The molecule has 0 fully saturated rings. The van der Waals surface area contributed by atoms with E-state index in [0.717, 1.165) is 5.69 Å². The number of nitrogens with two attached hydrogens (primary N) is 1. The van der Waals surface area contributed by atoms with Crippen LogP contribution in [0.4, 0.5) is 0 Å². The molecule has 0 aliphatic carbocycles. The summed E-state index contributed by atoms with van der Waals surface area (Å²) in [6.45, 7) is 6.18. The van der Waals surface area contributed by atoms with Gasteiger partial charge in [0.25, 0.3) is 0 Å². The van der Waals surface area contributed by atoms with Gasteiger partial charge in [-0.15, -0.1) is 0 Å². The van der Waals surface area contributed by atoms with Crippen molar-refractivity contribution in [1.29, 1.82) is 0 Å². The predicted molar refractivity (Wildman–Crippen MR) is 61.3 cm³/mol. The molecule has 3 N–H and O–H groups in total. The second-order valence-electron chi connectivity index (χ2n) is 4.76. The van der Waals surface area contributed by atoms with E-state index in [-0.39, 0.29) is 11.3 Å². The molecule has 0 radical (unpaired) electrons. The zero-order valence-corrected chi connectivity index (χ0v) is 9.90. The quantitative estimate of drug-likeness (QED) is 0.778. The first kappa shape index (κ1) is 12.6. The molecule has 0 saturated heterocycles. The molecule has 0 spiro atoms. The molecule has 5 heteroatoms. The molecule has 0 unspecified atom stereocenters. The summed E-state index contributed by atoms with van der Waals surface area (Å²) in [6.07, 6.45) is 3.09. The number of hydrogen-bond donors (Lipinski definition) is 2. The minimum absolute atomic E-state index is 0.161. The molecule has 0 aromatic carbocycles. The summed E-state index contributed by atoms with van der Waals surface area (Å²) in [5, 5.41) is 2.75. The van der Waals surface area contributed by atoms with Crippen LogP contribution in [-0.4, -0.2) is 21.9 Å². The van der Waals surface area contributed by atoms with Crippen LogP contribution >= 0.6 is 0 Å². The minimum Gasteiger partial charge on any atom is -0.349 e. The third kappa shape index (κ3) is 3.58. The Labute approximate surface area is 95.5 Å². The summed E-state index contributed by atoms with van der Waals surface area (Å²) in [4.78, 5) is 19.5. The molecule has 1 rings (SSSR count). The Morgan fingerprint density at radius 2 is 2.25 bits per heavy atom. The molecule has 1 aromatic heterocycles. The summed E-state index contributed by atoms with van der Waals surface area (Å²) in [6, 6.07) is 1.23. The van der Waals surface area contributed by atoms with E-state index in [1.807, 2.05) is 20.8 Å². The van der Waals surface area contributed by atoms with Crippen molar-refractivity contribution >= 4 is 5.91 Å². The Balaban J connectivity index is 2.48. The second kappa shape index (κ2) is 5.03. The lowest BCUT2D eigenvalue weighted by Crippen LogP contribution is -2.48. The summed E-state index contributed by atoms with van der Waals surface area (Å²) < 4.78 is 0. The van der Waals surface area contributed by atoms with E-state index >= 15 is 0 Å². The van der Waals surface area contributed by atoms with Crippen LogP contribution in [0.3, 0.4) is 0 Å². The molecule has 1 amide bonds. The average Bonchev–Trinajstić information content (AvgIpc) is 2.25. The first-order valence-corrected chi connectivity index (χ1v) is 5.19. The summed E-state index contributed by atoms with van der Waals surface area (Å²) in [5.74, 6) is -0.161. The first-order valence-electron chi connectivity index (χ1n) is 5.19. The van der Waals surface area contributed by atoms with E-state index in [0.29, 0.717) is 6.54 Å². The highest BCUT2D eigenvalue weighted by Gasteiger charge is 2.27. The van der Waals surface area contributed by atoms with E-state index in [2.05, 4.69) is 15.3 Å². The van der Waals surface area contributed by atoms with Crippen molar-refractivity contribution in [2.24, 2.45) is 11.1 Å². The van der Waals surface area contributed by atoms with Gasteiger partial charge in [-0.3, -0.25) is 4.79 Å². The molecule has 0 aliphatic heterocycles. The standard InChI is InChI=1S/C11H18N4O/c1-11(2,3)9(12)10(16)14-6-8-4-5-13-7-15-8/h4-5,7,9H,6,12H2,1-3H3,(H,14,16)/t9-/m0/s1. The highest BCUT2D eigenvalue weighted by molar-refractivity contribution is 5.82. The zero-order chi connectivity index (χ0) is 12.2. The van der Waals surface area contributed by atoms with Gasteiger partial charge in [-0.25, -0.2) is 9.97 Å². The number of carbonyl (C=O) groups is 1. The Bertz CT molecular complexity index is 345. The molecule has 16 heavy (non-hydrogen) atoms. The van der Waals surface area contributed by atoms with Gasteiger partial charge in [0.05, 0.1) is 18.3 Å². The first-order chi connectivity index (χ1) is 7.41. The number of nitrogens with one attached hydrogen (secondary N) is 1. The van der Waals surface area contributed by atoms with E-state index in [1.54, 1.807) is 12.3 Å². The molecule has 0 bridgehead atoms. The van der Waals surface area contributed by atoms with E-state index in [9.17, 15) is 4.79 Å². The van der Waals surface area contributed by atoms with Crippen molar-refractivity contribution < 1.29 is 4.79 Å². The van der Waals surface area contributed by atoms with Crippen molar-refractivity contribution in [3.63, 3.8) is 0 Å². The normalized spacial score (nSPS) is 13.2. The number of nitrogens with zero attached hydrogens (tertiary/aromatic N) is 2. The van der Waals surface area contributed by atoms with Gasteiger partial charge in [0.2, 0.25) is 5.91 Å². The van der Waals surface area contributed by atoms with Gasteiger partial charge in [0.1, 0.15) is 6.33 Å². The summed E-state index contributed by atoms with van der Waals surface area (Å²) >= 11 is 0. The molecule has 1 atom stereocenters. The van der Waals surface area contributed by atoms with Gasteiger partial charge in [-0.05, 0) is 11.5 Å². The number of aromatic nitrogens is 2. The molecule has 5 nitrogen and oxygen atoms in total. The monoisotopic (exact) mass is 222 g/mol. The molecule has 0 aliphatic rings. The third-order valence-electron chi connectivity index (χ3n) is 2.30. The van der Waals surface area contributed by atoms with Crippen molar-refractivity contribution in [2.45, 2.75) is 33.4 Å². The molecule has 1 heterocycles. The molecule has 88 valence electrons. The van der Waals surface area contributed by atoms with Crippen molar-refractivity contribution in [2.75, 3.05) is 0 Å². The number of carbonyl (C=O) groups excluding carboxylic acids is 1. The van der Waals surface area contributed by atoms with Crippen molar-refractivity contribution in [3.05, 3.63) is 24.3 Å². The highest BCUT2D eigenvalue weighted by Crippen LogP contribution is 2.17. The largest absolute Gasteiger partial charge is 0.349 e. The van der Waals surface area contributed by atoms with Crippen LogP contribution in [0, 0.1) is 5.41 Å². The maximum absolute atomic E-state index is 11.7. The predicted octanol–water partition coefficient (Wildman–Crippen LogP) is 0.466. The Morgan fingerprint density at radius 1 is 1.56 bits per heavy atom. The van der Waals surface area contributed by atoms with Crippen LogP contribution in [0.2, 0.25) is 0 Å². The number of hydrogen-bond acceptors (Lipinski definition) is 4. The van der Waals surface area contributed by atoms with Gasteiger partial charge in [0.15, 0.2) is 0 Å². The Morgan fingerprint density at radius 3 is 2.75 bits per heavy atom. The lowest BCUT2D eigenvalue weighted by atomic mass is 9.87. The summed E-state index contributed by atoms with van der Waals surface area (Å²) in [5.41, 5.74) is 6.34. The fourth-order valence-corrected chi connectivity index (χ4v) is 1.10. The summed E-state index contributed by atoms with van der Waals surface area (Å²) in [7, 11) is 0. The molecular weight excluding hydrogens is 204 g/mol. The Kier molecular flexibility index (Phi) is 3.95. The fourth-order valence-electron chi connectivity index (χ4n) is 1.10.